The zero-order valence-electron chi connectivity index (χ0n) is 15.0. The first kappa shape index (κ1) is 20.4. The predicted octanol–water partition coefficient (Wildman–Crippen LogP) is 2.41. The lowest BCUT2D eigenvalue weighted by molar-refractivity contribution is -0.116. The molecule has 1 unspecified atom stereocenters. The van der Waals surface area contributed by atoms with Crippen molar-refractivity contribution in [3.8, 4) is 0 Å². The van der Waals surface area contributed by atoms with E-state index in [1.807, 2.05) is 0 Å². The van der Waals surface area contributed by atoms with Gasteiger partial charge in [0.15, 0.2) is 0 Å². The van der Waals surface area contributed by atoms with Crippen molar-refractivity contribution in [3.05, 3.63) is 59.9 Å². The molecule has 0 bridgehead atoms. The first-order valence-electron chi connectivity index (χ1n) is 7.87. The molecule has 0 aromatic heterocycles. The van der Waals surface area contributed by atoms with E-state index in [2.05, 4.69) is 10.1 Å². The average molecular weight is 394 g/mol. The molecule has 2 rings (SSSR count). The summed E-state index contributed by atoms with van der Waals surface area (Å²) in [5.41, 5.74) is 0.863. The van der Waals surface area contributed by atoms with E-state index in [9.17, 15) is 22.4 Å². The summed E-state index contributed by atoms with van der Waals surface area (Å²) in [5.74, 6) is -1.62. The third kappa shape index (κ3) is 5.04. The van der Waals surface area contributed by atoms with E-state index in [-0.39, 0.29) is 5.69 Å². The predicted molar refractivity (Wildman–Crippen MR) is 99.6 cm³/mol. The highest BCUT2D eigenvalue weighted by Crippen LogP contribution is 2.22. The Balaban J connectivity index is 2.22. The van der Waals surface area contributed by atoms with Gasteiger partial charge in [-0.2, -0.15) is 0 Å². The second-order valence-electron chi connectivity index (χ2n) is 5.77. The molecule has 0 fully saturated rings. The Labute approximate surface area is 156 Å². The molecular formula is C18H19FN2O5S. The van der Waals surface area contributed by atoms with Crippen molar-refractivity contribution in [1.29, 1.82) is 0 Å². The Hall–Kier alpha value is -2.94. The second kappa shape index (κ2) is 8.17. The highest BCUT2D eigenvalue weighted by molar-refractivity contribution is 7.92. The summed E-state index contributed by atoms with van der Waals surface area (Å²) in [5, 5.41) is 2.59. The standard InChI is InChI=1S/C18H19FN2O5S/c1-12(21(27(3,24)25)16-10-6-14(19)7-11-16)17(22)20-15-8-4-13(5-9-15)18(23)26-2/h4-12H,1-3H3,(H,20,22). The maximum atomic E-state index is 13.1. The lowest BCUT2D eigenvalue weighted by atomic mass is 10.2. The molecule has 0 spiro atoms. The fourth-order valence-electron chi connectivity index (χ4n) is 2.45. The lowest BCUT2D eigenvalue weighted by Crippen LogP contribution is -2.45. The lowest BCUT2D eigenvalue weighted by Gasteiger charge is -2.28. The van der Waals surface area contributed by atoms with Gasteiger partial charge in [0.1, 0.15) is 11.9 Å². The normalized spacial score (nSPS) is 12.1. The number of sulfonamides is 1. The van der Waals surface area contributed by atoms with E-state index in [4.69, 9.17) is 0 Å². The number of benzene rings is 2. The average Bonchev–Trinajstić information content (AvgIpc) is 2.62. The van der Waals surface area contributed by atoms with Crippen LogP contribution >= 0.6 is 0 Å². The van der Waals surface area contributed by atoms with Gasteiger partial charge in [-0.05, 0) is 55.5 Å². The number of carbonyl (C=O) groups is 2. The van der Waals surface area contributed by atoms with Crippen molar-refractivity contribution in [2.24, 2.45) is 0 Å². The maximum absolute atomic E-state index is 13.1. The molecule has 0 radical (unpaired) electrons. The van der Waals surface area contributed by atoms with Crippen molar-refractivity contribution < 1.29 is 27.1 Å². The summed E-state index contributed by atoms with van der Waals surface area (Å²) in [6, 6.07) is 9.65. The minimum Gasteiger partial charge on any atom is -0.465 e. The van der Waals surface area contributed by atoms with Gasteiger partial charge in [-0.15, -0.1) is 0 Å². The van der Waals surface area contributed by atoms with Gasteiger partial charge in [-0.3, -0.25) is 9.10 Å². The van der Waals surface area contributed by atoms with Gasteiger partial charge < -0.3 is 10.1 Å². The summed E-state index contributed by atoms with van der Waals surface area (Å²) in [6.07, 6.45) is 0.964. The molecular weight excluding hydrogens is 375 g/mol. The smallest absolute Gasteiger partial charge is 0.337 e. The van der Waals surface area contributed by atoms with Crippen LogP contribution in [0, 0.1) is 5.82 Å². The second-order valence-corrected chi connectivity index (χ2v) is 7.63. The van der Waals surface area contributed by atoms with Gasteiger partial charge in [0.2, 0.25) is 15.9 Å². The number of carbonyl (C=O) groups excluding carboxylic acids is 2. The van der Waals surface area contributed by atoms with Crippen LogP contribution < -0.4 is 9.62 Å². The molecule has 1 N–H and O–H groups in total. The van der Waals surface area contributed by atoms with Gasteiger partial charge in [0.25, 0.3) is 0 Å². The van der Waals surface area contributed by atoms with Gasteiger partial charge in [0.05, 0.1) is 24.6 Å². The third-order valence-electron chi connectivity index (χ3n) is 3.74. The molecule has 2 aromatic carbocycles. The van der Waals surface area contributed by atoms with Crippen LogP contribution in [0.1, 0.15) is 17.3 Å². The Morgan fingerprint density at radius 3 is 2.11 bits per heavy atom. The van der Waals surface area contributed by atoms with Gasteiger partial charge in [-0.1, -0.05) is 0 Å². The van der Waals surface area contributed by atoms with Crippen LogP contribution in [0.5, 0.6) is 0 Å². The Bertz CT molecular complexity index is 927. The molecule has 1 atom stereocenters. The molecule has 9 heteroatoms. The van der Waals surface area contributed by atoms with Gasteiger partial charge in [-0.25, -0.2) is 17.6 Å². The van der Waals surface area contributed by atoms with Crippen molar-refractivity contribution >= 4 is 33.3 Å². The molecule has 0 saturated heterocycles. The fourth-order valence-corrected chi connectivity index (χ4v) is 3.63. The molecule has 0 aliphatic rings. The Morgan fingerprint density at radius 1 is 1.07 bits per heavy atom. The number of nitrogens with one attached hydrogen (secondary N) is 1. The number of hydrogen-bond acceptors (Lipinski definition) is 5. The minimum atomic E-state index is -3.80. The quantitative estimate of drug-likeness (QED) is 0.760. The summed E-state index contributed by atoms with van der Waals surface area (Å²) < 4.78 is 43.0. The molecule has 7 nitrogen and oxygen atoms in total. The van der Waals surface area contributed by atoms with Crippen molar-refractivity contribution in [2.45, 2.75) is 13.0 Å². The first-order valence-corrected chi connectivity index (χ1v) is 9.72. The van der Waals surface area contributed by atoms with E-state index in [1.165, 1.54) is 50.4 Å². The third-order valence-corrected chi connectivity index (χ3v) is 4.98. The first-order chi connectivity index (χ1) is 12.6. The Kier molecular flexibility index (Phi) is 6.17. The van der Waals surface area contributed by atoms with E-state index in [1.54, 1.807) is 0 Å². The largest absolute Gasteiger partial charge is 0.465 e. The zero-order valence-corrected chi connectivity index (χ0v) is 15.8. The minimum absolute atomic E-state index is 0.169. The van der Waals surface area contributed by atoms with Crippen LogP contribution in [0.15, 0.2) is 48.5 Å². The van der Waals surface area contributed by atoms with Crippen LogP contribution in [0.25, 0.3) is 0 Å². The van der Waals surface area contributed by atoms with Crippen LogP contribution in [-0.4, -0.2) is 39.7 Å². The number of amides is 1. The number of esters is 1. The van der Waals surface area contributed by atoms with Crippen LogP contribution in [0.2, 0.25) is 0 Å². The SMILES string of the molecule is COC(=O)c1ccc(NC(=O)C(C)N(c2ccc(F)cc2)S(C)(=O)=O)cc1. The Morgan fingerprint density at radius 2 is 1.63 bits per heavy atom. The van der Waals surface area contributed by atoms with Crippen LogP contribution in [-0.2, 0) is 19.6 Å². The highest BCUT2D eigenvalue weighted by Gasteiger charge is 2.29. The number of hydrogen-bond donors (Lipinski definition) is 1. The number of rotatable bonds is 6. The number of anilines is 2. The number of ether oxygens (including phenoxy) is 1. The number of halogens is 1. The monoisotopic (exact) mass is 394 g/mol. The molecule has 144 valence electrons. The number of methoxy groups -OCH3 is 1. The van der Waals surface area contributed by atoms with Crippen molar-refractivity contribution in [1.82, 2.24) is 0 Å². The molecule has 1 amide bonds. The van der Waals surface area contributed by atoms with Crippen LogP contribution in [0.4, 0.5) is 15.8 Å². The fraction of sp³-hybridized carbons (Fsp3) is 0.222. The summed E-state index contributed by atoms with van der Waals surface area (Å²) >= 11 is 0. The van der Waals surface area contributed by atoms with E-state index in [0.717, 1.165) is 22.7 Å². The summed E-state index contributed by atoms with van der Waals surface area (Å²) in [4.78, 5) is 24.0. The summed E-state index contributed by atoms with van der Waals surface area (Å²) in [6.45, 7) is 1.42. The molecule has 0 saturated carbocycles. The van der Waals surface area contributed by atoms with Crippen molar-refractivity contribution in [3.63, 3.8) is 0 Å². The van der Waals surface area contributed by atoms with E-state index < -0.39 is 33.8 Å². The molecule has 0 aliphatic carbocycles. The topological polar surface area (TPSA) is 92.8 Å². The molecule has 2 aromatic rings. The van der Waals surface area contributed by atoms with Gasteiger partial charge in [0, 0.05) is 5.69 Å². The molecule has 0 heterocycles. The maximum Gasteiger partial charge on any atom is 0.337 e. The van der Waals surface area contributed by atoms with E-state index >= 15 is 0 Å². The van der Waals surface area contributed by atoms with E-state index in [0.29, 0.717) is 11.3 Å². The zero-order chi connectivity index (χ0) is 20.2. The van der Waals surface area contributed by atoms with Crippen LogP contribution in [0.3, 0.4) is 0 Å². The number of nitrogens with zero attached hydrogens (tertiary/aromatic N) is 1. The van der Waals surface area contributed by atoms with Gasteiger partial charge >= 0.3 is 5.97 Å². The molecule has 27 heavy (non-hydrogen) atoms. The summed E-state index contributed by atoms with van der Waals surface area (Å²) in [7, 11) is -2.54. The van der Waals surface area contributed by atoms with Crippen molar-refractivity contribution in [2.75, 3.05) is 23.0 Å². The molecule has 0 aliphatic heterocycles. The highest BCUT2D eigenvalue weighted by atomic mass is 32.2.